The van der Waals surface area contributed by atoms with Crippen molar-refractivity contribution >= 4 is 28.6 Å². The number of nitro benzene ring substituents is 1. The van der Waals surface area contributed by atoms with Crippen LogP contribution in [0.2, 0.25) is 0 Å². The molecule has 1 aliphatic heterocycles. The summed E-state index contributed by atoms with van der Waals surface area (Å²) >= 11 is 1.54. The van der Waals surface area contributed by atoms with E-state index in [2.05, 4.69) is 15.0 Å². The molecule has 0 aliphatic carbocycles. The van der Waals surface area contributed by atoms with Gasteiger partial charge in [-0.3, -0.25) is 14.9 Å². The maximum Gasteiger partial charge on any atom is 0.269 e. The number of aromatic nitrogens is 2. The van der Waals surface area contributed by atoms with Crippen molar-refractivity contribution in [1.29, 1.82) is 0 Å². The molecule has 1 saturated heterocycles. The average molecular weight is 413 g/mol. The summed E-state index contributed by atoms with van der Waals surface area (Å²) in [5, 5.41) is 16.7. The average Bonchev–Trinajstić information content (AvgIpc) is 3.44. The molecular formula is C19H19N5O4S. The quantitative estimate of drug-likeness (QED) is 0.452. The minimum Gasteiger partial charge on any atom is -0.368 e. The zero-order valence-corrected chi connectivity index (χ0v) is 16.4. The van der Waals surface area contributed by atoms with E-state index in [1.54, 1.807) is 12.1 Å². The summed E-state index contributed by atoms with van der Waals surface area (Å²) in [5.41, 5.74) is 1.00. The first-order valence-electron chi connectivity index (χ1n) is 9.24. The summed E-state index contributed by atoms with van der Waals surface area (Å²) in [4.78, 5) is 32.1. The molecule has 0 atom stereocenters. The van der Waals surface area contributed by atoms with Gasteiger partial charge in [0.1, 0.15) is 0 Å². The van der Waals surface area contributed by atoms with Gasteiger partial charge >= 0.3 is 0 Å². The van der Waals surface area contributed by atoms with Crippen LogP contribution in [0.5, 0.6) is 0 Å². The first-order valence-corrected chi connectivity index (χ1v) is 10.1. The molecule has 0 radical (unpaired) electrons. The van der Waals surface area contributed by atoms with Crippen LogP contribution in [0.25, 0.3) is 10.7 Å². The minimum atomic E-state index is -0.410. The summed E-state index contributed by atoms with van der Waals surface area (Å²) in [5.74, 6) is 1.08. The lowest BCUT2D eigenvalue weighted by Crippen LogP contribution is -2.48. The lowest BCUT2D eigenvalue weighted by atomic mass is 10.2. The smallest absolute Gasteiger partial charge is 0.269 e. The molecule has 150 valence electrons. The fourth-order valence-corrected chi connectivity index (χ4v) is 3.88. The first-order chi connectivity index (χ1) is 14.1. The molecule has 2 aromatic heterocycles. The van der Waals surface area contributed by atoms with Crippen LogP contribution in [0.3, 0.4) is 0 Å². The second-order valence-electron chi connectivity index (χ2n) is 6.63. The van der Waals surface area contributed by atoms with E-state index < -0.39 is 4.92 Å². The highest BCUT2D eigenvalue weighted by Crippen LogP contribution is 2.22. The molecule has 0 unspecified atom stereocenters. The van der Waals surface area contributed by atoms with E-state index in [-0.39, 0.29) is 11.6 Å². The van der Waals surface area contributed by atoms with Gasteiger partial charge in [-0.05, 0) is 23.6 Å². The van der Waals surface area contributed by atoms with Crippen LogP contribution in [-0.4, -0.2) is 52.1 Å². The topological polar surface area (TPSA) is 106 Å². The van der Waals surface area contributed by atoms with Gasteiger partial charge in [0.25, 0.3) is 5.69 Å². The van der Waals surface area contributed by atoms with Crippen molar-refractivity contribution in [2.45, 2.75) is 12.8 Å². The third-order valence-electron chi connectivity index (χ3n) is 4.82. The Bertz CT molecular complexity index is 978. The number of hydrogen-bond donors (Lipinski definition) is 0. The number of benzene rings is 1. The summed E-state index contributed by atoms with van der Waals surface area (Å²) in [6.45, 7) is 2.60. The Morgan fingerprint density at radius 1 is 1.17 bits per heavy atom. The van der Waals surface area contributed by atoms with Crippen molar-refractivity contribution in [3.8, 4) is 10.7 Å². The van der Waals surface area contributed by atoms with Gasteiger partial charge in [-0.15, -0.1) is 11.3 Å². The van der Waals surface area contributed by atoms with Crippen molar-refractivity contribution in [3.63, 3.8) is 0 Å². The number of nitrogens with zero attached hydrogens (tertiary/aromatic N) is 5. The van der Waals surface area contributed by atoms with E-state index >= 15 is 0 Å². The highest BCUT2D eigenvalue weighted by molar-refractivity contribution is 7.13. The number of amides is 1. The van der Waals surface area contributed by atoms with Gasteiger partial charge in [0.15, 0.2) is 0 Å². The fraction of sp³-hybridized carbons (Fsp3) is 0.316. The lowest BCUT2D eigenvalue weighted by Gasteiger charge is -2.36. The van der Waals surface area contributed by atoms with Gasteiger partial charge in [0, 0.05) is 56.8 Å². The summed E-state index contributed by atoms with van der Waals surface area (Å²) in [7, 11) is 0. The van der Waals surface area contributed by atoms with Crippen molar-refractivity contribution < 1.29 is 14.2 Å². The number of nitro groups is 1. The number of rotatable bonds is 6. The Labute approximate surface area is 170 Å². The molecule has 1 amide bonds. The Morgan fingerprint density at radius 3 is 2.59 bits per heavy atom. The van der Waals surface area contributed by atoms with Crippen molar-refractivity contribution in [2.24, 2.45) is 0 Å². The molecule has 4 rings (SSSR count). The van der Waals surface area contributed by atoms with Gasteiger partial charge in [-0.25, -0.2) is 0 Å². The second-order valence-corrected chi connectivity index (χ2v) is 7.58. The Balaban J connectivity index is 1.26. The number of carbonyl (C=O) groups is 1. The highest BCUT2D eigenvalue weighted by Gasteiger charge is 2.22. The number of anilines is 1. The summed E-state index contributed by atoms with van der Waals surface area (Å²) < 4.78 is 5.25. The van der Waals surface area contributed by atoms with E-state index in [0.717, 1.165) is 10.6 Å². The van der Waals surface area contributed by atoms with Gasteiger partial charge in [-0.1, -0.05) is 11.2 Å². The van der Waals surface area contributed by atoms with Crippen LogP contribution >= 0.6 is 11.3 Å². The van der Waals surface area contributed by atoms with E-state index in [1.165, 1.54) is 23.5 Å². The number of aryl methyl sites for hydroxylation is 1. The second kappa shape index (κ2) is 8.39. The number of thiophene rings is 1. The number of piperazine rings is 1. The third-order valence-corrected chi connectivity index (χ3v) is 5.69. The Kier molecular flexibility index (Phi) is 5.52. The SMILES string of the molecule is O=C(CCc1nc(-c2cccs2)no1)N1CCN(c2ccc([N+](=O)[O-])cc2)CC1. The van der Waals surface area contributed by atoms with Crippen molar-refractivity contribution in [3.05, 3.63) is 57.8 Å². The zero-order valence-electron chi connectivity index (χ0n) is 15.6. The molecule has 0 saturated carbocycles. The molecular weight excluding hydrogens is 394 g/mol. The molecule has 9 nitrogen and oxygen atoms in total. The molecule has 3 aromatic rings. The third kappa shape index (κ3) is 4.43. The normalized spacial score (nSPS) is 14.2. The lowest BCUT2D eigenvalue weighted by molar-refractivity contribution is -0.384. The summed E-state index contributed by atoms with van der Waals surface area (Å²) in [6.07, 6.45) is 0.739. The molecule has 1 fully saturated rings. The van der Waals surface area contributed by atoms with Crippen molar-refractivity contribution in [2.75, 3.05) is 31.1 Å². The monoisotopic (exact) mass is 413 g/mol. The maximum absolute atomic E-state index is 12.5. The van der Waals surface area contributed by atoms with E-state index in [0.29, 0.717) is 50.7 Å². The number of hydrogen-bond acceptors (Lipinski definition) is 8. The zero-order chi connectivity index (χ0) is 20.2. The largest absolute Gasteiger partial charge is 0.368 e. The Hall–Kier alpha value is -3.27. The van der Waals surface area contributed by atoms with Gasteiger partial charge in [-0.2, -0.15) is 4.98 Å². The molecule has 1 aliphatic rings. The van der Waals surface area contributed by atoms with Crippen LogP contribution < -0.4 is 4.90 Å². The molecule has 10 heteroatoms. The number of carbonyl (C=O) groups excluding carboxylic acids is 1. The Morgan fingerprint density at radius 2 is 1.93 bits per heavy atom. The van der Waals surface area contributed by atoms with Crippen LogP contribution in [0, 0.1) is 10.1 Å². The summed E-state index contributed by atoms with van der Waals surface area (Å²) in [6, 6.07) is 10.3. The van der Waals surface area contributed by atoms with Crippen LogP contribution in [0.15, 0.2) is 46.3 Å². The molecule has 0 bridgehead atoms. The molecule has 0 spiro atoms. The van der Waals surface area contributed by atoms with Crippen LogP contribution in [0.4, 0.5) is 11.4 Å². The predicted octanol–water partition coefficient (Wildman–Crippen LogP) is 2.99. The van der Waals surface area contributed by atoms with E-state index in [1.807, 2.05) is 22.4 Å². The molecule has 0 N–H and O–H groups in total. The van der Waals surface area contributed by atoms with E-state index in [4.69, 9.17) is 4.52 Å². The predicted molar refractivity (Wildman–Crippen MR) is 108 cm³/mol. The van der Waals surface area contributed by atoms with Gasteiger partial charge < -0.3 is 14.3 Å². The van der Waals surface area contributed by atoms with Gasteiger partial charge in [0.2, 0.25) is 17.6 Å². The number of non-ortho nitro benzene ring substituents is 1. The fourth-order valence-electron chi connectivity index (χ4n) is 3.23. The molecule has 29 heavy (non-hydrogen) atoms. The van der Waals surface area contributed by atoms with Crippen LogP contribution in [0.1, 0.15) is 12.3 Å². The standard InChI is InChI=1S/C19H19N5O4S/c25-18(8-7-17-20-19(21-28-17)16-2-1-13-29-16)23-11-9-22(10-12-23)14-3-5-15(6-4-14)24(26)27/h1-6,13H,7-12H2. The highest BCUT2D eigenvalue weighted by atomic mass is 32.1. The van der Waals surface area contributed by atoms with Crippen LogP contribution in [-0.2, 0) is 11.2 Å². The maximum atomic E-state index is 12.5. The molecule has 3 heterocycles. The minimum absolute atomic E-state index is 0.0595. The van der Waals surface area contributed by atoms with Crippen molar-refractivity contribution in [1.82, 2.24) is 15.0 Å². The van der Waals surface area contributed by atoms with Gasteiger partial charge in [0.05, 0.1) is 9.80 Å². The molecule has 1 aromatic carbocycles. The first kappa shape index (κ1) is 19.1. The van der Waals surface area contributed by atoms with E-state index in [9.17, 15) is 14.9 Å².